The number of carbonyl (C=O) groups is 2. The largest absolute Gasteiger partial charge is 0.480 e. The van der Waals surface area contributed by atoms with E-state index in [1.165, 1.54) is 24.8 Å². The highest BCUT2D eigenvalue weighted by Crippen LogP contribution is 2.36. The van der Waals surface area contributed by atoms with E-state index in [0.717, 1.165) is 0 Å². The van der Waals surface area contributed by atoms with Crippen molar-refractivity contribution in [3.63, 3.8) is 0 Å². The van der Waals surface area contributed by atoms with E-state index in [4.69, 9.17) is 5.11 Å². The minimum Gasteiger partial charge on any atom is -0.480 e. The highest BCUT2D eigenvalue weighted by atomic mass is 16.4. The highest BCUT2D eigenvalue weighted by Gasteiger charge is 2.22. The summed E-state index contributed by atoms with van der Waals surface area (Å²) >= 11 is 0. The molecular formula is C17H23NO3. The summed E-state index contributed by atoms with van der Waals surface area (Å²) in [5.41, 5.74) is 1.79. The van der Waals surface area contributed by atoms with E-state index in [2.05, 4.69) is 5.32 Å². The molecule has 1 unspecified atom stereocenters. The number of aliphatic carboxylic acids is 1. The van der Waals surface area contributed by atoms with Crippen molar-refractivity contribution in [1.82, 2.24) is 5.32 Å². The fourth-order valence-corrected chi connectivity index (χ4v) is 2.58. The van der Waals surface area contributed by atoms with Crippen molar-refractivity contribution in [2.24, 2.45) is 5.92 Å². The molecule has 21 heavy (non-hydrogen) atoms. The second-order valence-corrected chi connectivity index (χ2v) is 6.24. The molecule has 114 valence electrons. The molecule has 1 aliphatic carbocycles. The molecule has 0 heterocycles. The molecule has 1 aliphatic rings. The van der Waals surface area contributed by atoms with Crippen LogP contribution in [-0.2, 0) is 4.79 Å². The van der Waals surface area contributed by atoms with Gasteiger partial charge in [-0.1, -0.05) is 32.4 Å². The van der Waals surface area contributed by atoms with Gasteiger partial charge in [0.2, 0.25) is 0 Å². The summed E-state index contributed by atoms with van der Waals surface area (Å²) in [6, 6.07) is 6.71. The molecule has 4 heteroatoms. The lowest BCUT2D eigenvalue weighted by Crippen LogP contribution is -2.41. The number of hydrogen-bond donors (Lipinski definition) is 2. The smallest absolute Gasteiger partial charge is 0.326 e. The van der Waals surface area contributed by atoms with Gasteiger partial charge in [-0.3, -0.25) is 4.79 Å². The van der Waals surface area contributed by atoms with E-state index >= 15 is 0 Å². The second kappa shape index (κ2) is 6.74. The van der Waals surface area contributed by atoms with Crippen LogP contribution >= 0.6 is 0 Å². The molecular weight excluding hydrogens is 266 g/mol. The topological polar surface area (TPSA) is 66.4 Å². The van der Waals surface area contributed by atoms with Gasteiger partial charge in [-0.25, -0.2) is 4.79 Å². The third-order valence-electron chi connectivity index (χ3n) is 4.06. The fourth-order valence-electron chi connectivity index (χ4n) is 2.58. The van der Waals surface area contributed by atoms with Crippen molar-refractivity contribution >= 4 is 11.9 Å². The van der Waals surface area contributed by atoms with Crippen LogP contribution in [0.15, 0.2) is 24.3 Å². The van der Waals surface area contributed by atoms with Gasteiger partial charge in [0.1, 0.15) is 6.04 Å². The van der Waals surface area contributed by atoms with Crippen molar-refractivity contribution in [1.29, 1.82) is 0 Å². The molecule has 0 bridgehead atoms. The highest BCUT2D eigenvalue weighted by molar-refractivity contribution is 5.96. The first kappa shape index (κ1) is 15.5. The molecule has 1 aromatic carbocycles. The number of hydrogen-bond acceptors (Lipinski definition) is 2. The normalized spacial score (nSPS) is 16.3. The van der Waals surface area contributed by atoms with E-state index in [-0.39, 0.29) is 11.8 Å². The molecule has 0 radical (unpaired) electrons. The maximum absolute atomic E-state index is 12.1. The molecule has 0 saturated heterocycles. The number of nitrogens with one attached hydrogen (secondary N) is 1. The van der Waals surface area contributed by atoms with Gasteiger partial charge in [-0.05, 0) is 48.8 Å². The van der Waals surface area contributed by atoms with Crippen LogP contribution in [0.2, 0.25) is 0 Å². The summed E-state index contributed by atoms with van der Waals surface area (Å²) in [4.78, 5) is 23.3. The number of carboxylic acids is 1. The summed E-state index contributed by atoms with van der Waals surface area (Å²) in [6.07, 6.45) is 4.16. The molecule has 0 aromatic heterocycles. The minimum absolute atomic E-state index is 0.215. The van der Waals surface area contributed by atoms with Gasteiger partial charge in [0, 0.05) is 5.56 Å². The van der Waals surface area contributed by atoms with Crippen molar-refractivity contribution in [2.75, 3.05) is 0 Å². The van der Waals surface area contributed by atoms with E-state index in [1.807, 2.05) is 26.0 Å². The van der Waals surface area contributed by atoms with Gasteiger partial charge in [-0.15, -0.1) is 0 Å². The Kier molecular flexibility index (Phi) is 4.99. The zero-order valence-corrected chi connectivity index (χ0v) is 12.6. The first-order valence-corrected chi connectivity index (χ1v) is 7.61. The van der Waals surface area contributed by atoms with Gasteiger partial charge in [0.15, 0.2) is 0 Å². The average molecular weight is 289 g/mol. The van der Waals surface area contributed by atoms with E-state index in [0.29, 0.717) is 17.9 Å². The molecule has 1 fully saturated rings. The molecule has 2 rings (SSSR count). The molecule has 1 aromatic rings. The fraction of sp³-hybridized carbons (Fsp3) is 0.529. The first-order chi connectivity index (χ1) is 9.97. The van der Waals surface area contributed by atoms with Crippen molar-refractivity contribution in [3.05, 3.63) is 35.4 Å². The van der Waals surface area contributed by atoms with Crippen molar-refractivity contribution in [3.8, 4) is 0 Å². The Balaban J connectivity index is 1.99. The number of benzene rings is 1. The molecule has 1 amide bonds. The van der Waals surface area contributed by atoms with Gasteiger partial charge < -0.3 is 10.4 Å². The van der Waals surface area contributed by atoms with Crippen LogP contribution in [0.1, 0.15) is 61.4 Å². The molecule has 1 saturated carbocycles. The summed E-state index contributed by atoms with van der Waals surface area (Å²) in [5.74, 6) is -0.450. The third kappa shape index (κ3) is 4.06. The number of amides is 1. The Morgan fingerprint density at radius 3 is 2.29 bits per heavy atom. The van der Waals surface area contributed by atoms with Crippen LogP contribution in [-0.4, -0.2) is 23.0 Å². The van der Waals surface area contributed by atoms with E-state index < -0.39 is 12.0 Å². The number of carboxylic acid groups (broad SMARTS) is 1. The van der Waals surface area contributed by atoms with E-state index in [9.17, 15) is 9.59 Å². The van der Waals surface area contributed by atoms with E-state index in [1.54, 1.807) is 12.1 Å². The quantitative estimate of drug-likeness (QED) is 0.845. The Morgan fingerprint density at radius 2 is 1.86 bits per heavy atom. The van der Waals surface area contributed by atoms with Crippen molar-refractivity contribution < 1.29 is 14.7 Å². The van der Waals surface area contributed by atoms with Crippen LogP contribution < -0.4 is 5.32 Å². The van der Waals surface area contributed by atoms with Crippen LogP contribution in [0.3, 0.4) is 0 Å². The maximum atomic E-state index is 12.1. The molecule has 2 N–H and O–H groups in total. The summed E-state index contributed by atoms with van der Waals surface area (Å²) < 4.78 is 0. The summed E-state index contributed by atoms with van der Waals surface area (Å²) in [7, 11) is 0. The predicted molar refractivity (Wildman–Crippen MR) is 81.4 cm³/mol. The Bertz CT molecular complexity index is 503. The molecule has 4 nitrogen and oxygen atoms in total. The zero-order valence-electron chi connectivity index (χ0n) is 12.6. The van der Waals surface area contributed by atoms with Crippen LogP contribution in [0.4, 0.5) is 0 Å². The van der Waals surface area contributed by atoms with Gasteiger partial charge in [-0.2, -0.15) is 0 Å². The van der Waals surface area contributed by atoms with Crippen LogP contribution in [0.5, 0.6) is 0 Å². The minimum atomic E-state index is -0.983. The Morgan fingerprint density at radius 1 is 1.24 bits per heavy atom. The third-order valence-corrected chi connectivity index (χ3v) is 4.06. The second-order valence-electron chi connectivity index (χ2n) is 6.24. The van der Waals surface area contributed by atoms with Crippen LogP contribution in [0, 0.1) is 5.92 Å². The van der Waals surface area contributed by atoms with Gasteiger partial charge in [0.05, 0.1) is 0 Å². The van der Waals surface area contributed by atoms with Gasteiger partial charge >= 0.3 is 5.97 Å². The predicted octanol–water partition coefficient (Wildman–Crippen LogP) is 3.18. The van der Waals surface area contributed by atoms with Crippen molar-refractivity contribution in [2.45, 2.75) is 51.5 Å². The summed E-state index contributed by atoms with van der Waals surface area (Å²) in [6.45, 7) is 3.88. The standard InChI is InChI=1S/C17H23NO3/c1-11(2)10-15(17(20)21)18-16(19)14-8-6-13(7-9-14)12-4-3-5-12/h6-9,11-12,15H,3-5,10H2,1-2H3,(H,18,19)(H,20,21). The number of rotatable bonds is 6. The summed E-state index contributed by atoms with van der Waals surface area (Å²) in [5, 5.41) is 11.8. The molecule has 0 aliphatic heterocycles. The number of carbonyl (C=O) groups excluding carboxylic acids is 1. The lowest BCUT2D eigenvalue weighted by atomic mass is 9.80. The lowest BCUT2D eigenvalue weighted by Gasteiger charge is -2.25. The Hall–Kier alpha value is -1.84. The maximum Gasteiger partial charge on any atom is 0.326 e. The van der Waals surface area contributed by atoms with Crippen LogP contribution in [0.25, 0.3) is 0 Å². The molecule has 0 spiro atoms. The zero-order chi connectivity index (χ0) is 15.4. The SMILES string of the molecule is CC(C)CC(NC(=O)c1ccc(C2CCC2)cc1)C(=O)O. The first-order valence-electron chi connectivity index (χ1n) is 7.61. The lowest BCUT2D eigenvalue weighted by molar-refractivity contribution is -0.139. The average Bonchev–Trinajstić information content (AvgIpc) is 2.36. The van der Waals surface area contributed by atoms with Gasteiger partial charge in [0.25, 0.3) is 5.91 Å². The Labute approximate surface area is 125 Å². The monoisotopic (exact) mass is 289 g/mol. The molecule has 1 atom stereocenters.